The molecule has 0 bridgehead atoms. The molecule has 0 radical (unpaired) electrons. The van der Waals surface area contributed by atoms with Crippen molar-refractivity contribution in [3.05, 3.63) is 83.9 Å². The average molecular weight is 890 g/mol. The molecule has 0 aliphatic carbocycles. The van der Waals surface area contributed by atoms with Gasteiger partial charge in [0.05, 0.1) is 39.3 Å². The van der Waals surface area contributed by atoms with Crippen LogP contribution >= 0.6 is 0 Å². The van der Waals surface area contributed by atoms with E-state index in [1.54, 1.807) is 9.80 Å². The fourth-order valence-electron chi connectivity index (χ4n) is 7.70. The number of nitrogens with zero attached hydrogens (tertiary/aromatic N) is 2. The van der Waals surface area contributed by atoms with Gasteiger partial charge in [0.2, 0.25) is 27.2 Å². The number of nitrogens with one attached hydrogen (secondary N) is 2. The lowest BCUT2D eigenvalue weighted by atomic mass is 10.1. The molecular weight excluding hydrogens is 839 g/mol. The van der Waals surface area contributed by atoms with Crippen LogP contribution in [0.4, 0.5) is 0 Å². The van der Waals surface area contributed by atoms with Crippen molar-refractivity contribution >= 4 is 0 Å². The molecule has 6 aliphatic rings. The number of halogens is 2. The second-order valence-corrected chi connectivity index (χ2v) is 15.1. The van der Waals surface area contributed by atoms with Crippen LogP contribution in [0.1, 0.15) is 11.1 Å². The summed E-state index contributed by atoms with van der Waals surface area (Å²) in [5.41, 5.74) is 2.59. The van der Waals surface area contributed by atoms with Gasteiger partial charge >= 0.3 is 0 Å². The standard InChI is InChI=1S/2C23H24N2O5.2ClH/c2*1(2-12-26-19-4-6-21-23(14-19)30-17-28-21)7-24-8-10-25(11-9-24)15-18-3-5-20-22(13-18)29-16-27-20;;/h2*3-6,13-14H,7-12,15-17H2;2*1H. The Labute approximate surface area is 374 Å². The van der Waals surface area contributed by atoms with Gasteiger partial charge in [-0.25, -0.2) is 0 Å². The summed E-state index contributed by atoms with van der Waals surface area (Å²) in [5, 5.41) is 0. The van der Waals surface area contributed by atoms with Crippen LogP contribution in [0.25, 0.3) is 0 Å². The van der Waals surface area contributed by atoms with Gasteiger partial charge in [-0.15, -0.1) is 0 Å². The summed E-state index contributed by atoms with van der Waals surface area (Å²) < 4.78 is 54.4. The first-order chi connectivity index (χ1) is 29.7. The van der Waals surface area contributed by atoms with Crippen molar-refractivity contribution in [3.63, 3.8) is 0 Å². The van der Waals surface area contributed by atoms with Gasteiger partial charge in [-0.05, 0) is 60.7 Å². The fourth-order valence-corrected chi connectivity index (χ4v) is 7.70. The lowest BCUT2D eigenvalue weighted by Crippen LogP contribution is -3.13. The number of hydrogen-bond acceptors (Lipinski definition) is 12. The van der Waals surface area contributed by atoms with E-state index < -0.39 is 0 Å². The minimum absolute atomic E-state index is 0. The maximum absolute atomic E-state index is 5.68. The first-order valence-corrected chi connectivity index (χ1v) is 20.5. The number of quaternary nitrogens is 2. The molecule has 6 heterocycles. The number of benzene rings is 4. The fraction of sp³-hybridized carbons (Fsp3) is 0.391. The molecule has 0 spiro atoms. The molecule has 0 unspecified atom stereocenters. The van der Waals surface area contributed by atoms with Crippen LogP contribution in [0.2, 0.25) is 0 Å². The molecule has 2 N–H and O–H groups in total. The van der Waals surface area contributed by atoms with Gasteiger partial charge in [0.25, 0.3) is 0 Å². The van der Waals surface area contributed by atoms with Crippen molar-refractivity contribution in [2.75, 3.05) is 106 Å². The van der Waals surface area contributed by atoms with Crippen molar-refractivity contribution in [3.8, 4) is 81.2 Å². The van der Waals surface area contributed by atoms with Crippen LogP contribution in [-0.2, 0) is 13.1 Å². The molecule has 2 saturated heterocycles. The Morgan fingerprint density at radius 2 is 0.758 bits per heavy atom. The Kier molecular flexibility index (Phi) is 15.8. The summed E-state index contributed by atoms with van der Waals surface area (Å²) in [7, 11) is 0. The predicted molar refractivity (Wildman–Crippen MR) is 218 cm³/mol. The van der Waals surface area contributed by atoms with E-state index in [1.165, 1.54) is 11.1 Å². The van der Waals surface area contributed by atoms with Gasteiger partial charge in [-0.2, -0.15) is 0 Å². The molecule has 0 amide bonds. The minimum atomic E-state index is 0. The summed E-state index contributed by atoms with van der Waals surface area (Å²) in [5.74, 6) is 20.5. The third kappa shape index (κ3) is 11.9. The van der Waals surface area contributed by atoms with Crippen molar-refractivity contribution < 1.29 is 82.0 Å². The molecule has 10 rings (SSSR count). The lowest BCUT2D eigenvalue weighted by molar-refractivity contribution is -0.918. The van der Waals surface area contributed by atoms with Crippen LogP contribution < -0.4 is 82.0 Å². The predicted octanol–water partition coefficient (Wildman–Crippen LogP) is -4.14. The van der Waals surface area contributed by atoms with Crippen LogP contribution in [0.15, 0.2) is 72.8 Å². The Hall–Kier alpha value is -5.58. The molecule has 328 valence electrons. The summed E-state index contributed by atoms with van der Waals surface area (Å²) in [6.07, 6.45) is 0. The molecule has 4 aromatic carbocycles. The second kappa shape index (κ2) is 22.0. The number of rotatable bonds is 10. The molecule has 0 atom stereocenters. The summed E-state index contributed by atoms with van der Waals surface area (Å²) in [6.45, 7) is 14.2. The molecule has 6 aliphatic heterocycles. The zero-order chi connectivity index (χ0) is 40.4. The van der Waals surface area contributed by atoms with E-state index in [9.17, 15) is 0 Å². The normalized spacial score (nSPS) is 16.9. The largest absolute Gasteiger partial charge is 1.00 e. The molecular formula is C46H50Cl2N4O10. The van der Waals surface area contributed by atoms with Gasteiger partial charge in [-0.3, -0.25) is 9.80 Å². The van der Waals surface area contributed by atoms with Crippen molar-refractivity contribution in [2.45, 2.75) is 13.1 Å². The van der Waals surface area contributed by atoms with Gasteiger partial charge in [0.1, 0.15) is 37.8 Å². The highest BCUT2D eigenvalue weighted by atomic mass is 35.5. The summed E-state index contributed by atoms with van der Waals surface area (Å²) in [6, 6.07) is 23.6. The van der Waals surface area contributed by atoms with Gasteiger partial charge in [-0.1, -0.05) is 23.7 Å². The van der Waals surface area contributed by atoms with Crippen LogP contribution in [0.3, 0.4) is 0 Å². The summed E-state index contributed by atoms with van der Waals surface area (Å²) >= 11 is 0. The Balaban J connectivity index is 0.000000181. The Morgan fingerprint density at radius 1 is 0.419 bits per heavy atom. The maximum Gasteiger partial charge on any atom is 0.231 e. The van der Waals surface area contributed by atoms with E-state index in [1.807, 2.05) is 48.5 Å². The Morgan fingerprint density at radius 3 is 1.15 bits per heavy atom. The molecule has 2 fully saturated rings. The first kappa shape index (κ1) is 44.5. The molecule has 62 heavy (non-hydrogen) atoms. The van der Waals surface area contributed by atoms with Gasteiger partial charge in [0, 0.05) is 49.4 Å². The highest BCUT2D eigenvalue weighted by Gasteiger charge is 2.23. The smallest absolute Gasteiger partial charge is 0.231 e. The first-order valence-electron chi connectivity index (χ1n) is 20.5. The zero-order valence-electron chi connectivity index (χ0n) is 34.4. The van der Waals surface area contributed by atoms with Gasteiger partial charge in [0.15, 0.2) is 46.0 Å². The topological polar surface area (TPSA) is 108 Å². The van der Waals surface area contributed by atoms with Crippen LogP contribution in [0, 0.1) is 23.7 Å². The number of ether oxygens (including phenoxy) is 10. The SMILES string of the molecule is C(#CCN1CC[NH+](Cc2ccc3c(c2)OCO3)CC1)COc1ccc2c(c1)OCO2.C(#CCN1CC[NH+](Cc2ccc3c(c2)OCO3)CC1)COc1ccc2c(c1)OCO2.[Cl-].[Cl-]. The minimum Gasteiger partial charge on any atom is -1.00 e. The van der Waals surface area contributed by atoms with Crippen LogP contribution in [-0.4, -0.2) is 116 Å². The number of fused-ring (bicyclic) bond motifs is 4. The van der Waals surface area contributed by atoms with E-state index in [-0.39, 0.29) is 38.4 Å². The second-order valence-electron chi connectivity index (χ2n) is 15.1. The molecule has 0 aromatic heterocycles. The van der Waals surface area contributed by atoms with E-state index >= 15 is 0 Å². The van der Waals surface area contributed by atoms with Gasteiger partial charge < -0.3 is 82.0 Å². The summed E-state index contributed by atoms with van der Waals surface area (Å²) in [4.78, 5) is 7.97. The maximum atomic E-state index is 5.68. The van der Waals surface area contributed by atoms with E-state index in [4.69, 9.17) is 47.4 Å². The van der Waals surface area contributed by atoms with Crippen LogP contribution in [0.5, 0.6) is 57.5 Å². The number of piperazine rings is 2. The monoisotopic (exact) mass is 888 g/mol. The molecule has 0 saturated carbocycles. The third-order valence-corrected chi connectivity index (χ3v) is 11.1. The third-order valence-electron chi connectivity index (χ3n) is 11.1. The zero-order valence-corrected chi connectivity index (χ0v) is 35.9. The quantitative estimate of drug-likeness (QED) is 0.151. The van der Waals surface area contributed by atoms with E-state index in [0.29, 0.717) is 26.8 Å². The molecule has 16 heteroatoms. The highest BCUT2D eigenvalue weighted by molar-refractivity contribution is 5.48. The number of hydrogen-bond donors (Lipinski definition) is 2. The highest BCUT2D eigenvalue weighted by Crippen LogP contribution is 2.36. The Bertz CT molecular complexity index is 2090. The van der Waals surface area contributed by atoms with Crippen molar-refractivity contribution in [1.29, 1.82) is 0 Å². The lowest BCUT2D eigenvalue weighted by Gasteiger charge is -2.31. The molecule has 14 nitrogen and oxygen atoms in total. The molecule has 4 aromatic rings. The van der Waals surface area contributed by atoms with Crippen molar-refractivity contribution in [2.24, 2.45) is 0 Å². The van der Waals surface area contributed by atoms with E-state index in [0.717, 1.165) is 136 Å². The van der Waals surface area contributed by atoms with E-state index in [2.05, 4.69) is 57.7 Å². The van der Waals surface area contributed by atoms with Crippen molar-refractivity contribution in [1.82, 2.24) is 9.80 Å². The average Bonchev–Trinajstić information content (AvgIpc) is 4.12.